The van der Waals surface area contributed by atoms with Gasteiger partial charge in [-0.05, 0) is 42.9 Å². The Morgan fingerprint density at radius 1 is 1.48 bits per heavy atom. The van der Waals surface area contributed by atoms with E-state index in [2.05, 4.69) is 17.5 Å². The highest BCUT2D eigenvalue weighted by Gasteiger charge is 2.21. The molecule has 0 radical (unpaired) electrons. The van der Waals surface area contributed by atoms with E-state index in [9.17, 15) is 4.79 Å². The predicted octanol–water partition coefficient (Wildman–Crippen LogP) is 4.68. The van der Waals surface area contributed by atoms with E-state index in [0.717, 1.165) is 29.2 Å². The van der Waals surface area contributed by atoms with Crippen LogP contribution in [0.15, 0.2) is 35.4 Å². The molecule has 1 heterocycles. The van der Waals surface area contributed by atoms with Crippen LogP contribution in [0.4, 0.5) is 0 Å². The van der Waals surface area contributed by atoms with E-state index in [-0.39, 0.29) is 5.91 Å². The normalized spacial score (nSPS) is 17.2. The smallest absolute Gasteiger partial charge is 0.266 e. The van der Waals surface area contributed by atoms with Crippen LogP contribution in [-0.4, -0.2) is 12.1 Å². The highest BCUT2D eigenvalue weighted by Crippen LogP contribution is 2.33. The molecule has 0 unspecified atom stereocenters. The maximum absolute atomic E-state index is 12.2. The van der Waals surface area contributed by atoms with Gasteiger partial charge in [0.05, 0.1) is 11.1 Å². The number of nitrogens with one attached hydrogen (secondary N) is 1. The number of nitrogens with zero attached hydrogens (tertiary/aromatic N) is 1. The molecule has 1 aliphatic carbocycles. The number of benzene rings is 1. The maximum Gasteiger partial charge on any atom is 0.281 e. The second-order valence-electron chi connectivity index (χ2n) is 5.80. The summed E-state index contributed by atoms with van der Waals surface area (Å²) in [5.74, 6) is 0.604. The average Bonchev–Trinajstić information content (AvgIpc) is 2.99. The van der Waals surface area contributed by atoms with Crippen LogP contribution in [-0.2, 0) is 12.8 Å². The number of thiophene rings is 1. The van der Waals surface area contributed by atoms with Gasteiger partial charge in [0.1, 0.15) is 0 Å². The van der Waals surface area contributed by atoms with E-state index < -0.39 is 0 Å². The number of amides is 1. The summed E-state index contributed by atoms with van der Waals surface area (Å²) in [6, 6.07) is 9.42. The Kier molecular flexibility index (Phi) is 5.13. The first-order valence-corrected chi connectivity index (χ1v) is 9.06. The van der Waals surface area contributed by atoms with Gasteiger partial charge in [-0.3, -0.25) is 4.79 Å². The van der Waals surface area contributed by atoms with Crippen LogP contribution in [0.1, 0.15) is 45.4 Å². The minimum Gasteiger partial charge on any atom is -0.266 e. The van der Waals surface area contributed by atoms with Crippen molar-refractivity contribution in [2.24, 2.45) is 11.0 Å². The lowest BCUT2D eigenvalue weighted by Gasteiger charge is -2.19. The quantitative estimate of drug-likeness (QED) is 0.633. The minimum atomic E-state index is -0.152. The fourth-order valence-electron chi connectivity index (χ4n) is 2.85. The molecule has 1 aromatic heterocycles. The number of hydrazone groups is 1. The molecule has 0 saturated heterocycles. The Labute approximate surface area is 145 Å². The highest BCUT2D eigenvalue weighted by molar-refractivity contribution is 7.14. The van der Waals surface area contributed by atoms with Crippen LogP contribution < -0.4 is 5.43 Å². The molecule has 2 aromatic rings. The molecule has 1 amide bonds. The Hall–Kier alpha value is -1.65. The first-order valence-electron chi connectivity index (χ1n) is 7.87. The van der Waals surface area contributed by atoms with Gasteiger partial charge in [-0.1, -0.05) is 43.1 Å². The number of carbonyl (C=O) groups excluding carboxylic acids is 1. The molecule has 1 aromatic carbocycles. The summed E-state index contributed by atoms with van der Waals surface area (Å²) < 4.78 is 0. The van der Waals surface area contributed by atoms with Crippen LogP contribution in [0, 0.1) is 5.92 Å². The highest BCUT2D eigenvalue weighted by atomic mass is 35.5. The van der Waals surface area contributed by atoms with Crippen molar-refractivity contribution in [3.63, 3.8) is 0 Å². The first-order chi connectivity index (χ1) is 11.2. The molecular weight excluding hydrogens is 328 g/mol. The number of hydrogen-bond acceptors (Lipinski definition) is 3. The number of halogens is 1. The summed E-state index contributed by atoms with van der Waals surface area (Å²) >= 11 is 7.64. The number of hydrogen-bond donors (Lipinski definition) is 1. The number of rotatable bonds is 4. The SMILES string of the molecule is CC[C@@H]1CCc2sc(C(=O)N/N=C\c3ccccc3Cl)cc2C1. The van der Waals surface area contributed by atoms with Gasteiger partial charge in [0.25, 0.3) is 5.91 Å². The summed E-state index contributed by atoms with van der Waals surface area (Å²) in [6.45, 7) is 2.24. The molecule has 3 rings (SSSR count). The molecule has 1 N–H and O–H groups in total. The molecule has 0 spiro atoms. The van der Waals surface area contributed by atoms with Gasteiger partial charge in [0, 0.05) is 15.5 Å². The Balaban J connectivity index is 1.65. The lowest BCUT2D eigenvalue weighted by atomic mass is 9.87. The summed E-state index contributed by atoms with van der Waals surface area (Å²) in [5, 5.41) is 4.63. The van der Waals surface area contributed by atoms with E-state index >= 15 is 0 Å². The Morgan fingerprint density at radius 3 is 3.09 bits per heavy atom. The van der Waals surface area contributed by atoms with E-state index in [1.807, 2.05) is 24.3 Å². The monoisotopic (exact) mass is 346 g/mol. The summed E-state index contributed by atoms with van der Waals surface area (Å²) in [7, 11) is 0. The summed E-state index contributed by atoms with van der Waals surface area (Å²) in [6.07, 6.45) is 6.20. The fourth-order valence-corrected chi connectivity index (χ4v) is 4.14. The molecule has 0 saturated carbocycles. The second-order valence-corrected chi connectivity index (χ2v) is 7.34. The molecule has 0 bridgehead atoms. The Morgan fingerprint density at radius 2 is 2.30 bits per heavy atom. The van der Waals surface area contributed by atoms with E-state index in [1.54, 1.807) is 23.6 Å². The fraction of sp³-hybridized carbons (Fsp3) is 0.333. The minimum absolute atomic E-state index is 0.152. The topological polar surface area (TPSA) is 41.5 Å². The van der Waals surface area contributed by atoms with Gasteiger partial charge in [-0.15, -0.1) is 11.3 Å². The number of carbonyl (C=O) groups is 1. The molecule has 1 aliphatic rings. The van der Waals surface area contributed by atoms with Gasteiger partial charge in [0.15, 0.2) is 0 Å². The van der Waals surface area contributed by atoms with Crippen molar-refractivity contribution in [1.82, 2.24) is 5.43 Å². The second kappa shape index (κ2) is 7.28. The van der Waals surface area contributed by atoms with Gasteiger partial charge in [-0.25, -0.2) is 5.43 Å². The number of aryl methyl sites for hydroxylation is 1. The average molecular weight is 347 g/mol. The van der Waals surface area contributed by atoms with Crippen LogP contribution in [0.5, 0.6) is 0 Å². The van der Waals surface area contributed by atoms with Crippen molar-refractivity contribution >= 4 is 35.1 Å². The van der Waals surface area contributed by atoms with Gasteiger partial charge in [-0.2, -0.15) is 5.10 Å². The van der Waals surface area contributed by atoms with Crippen LogP contribution in [0.2, 0.25) is 5.02 Å². The molecule has 23 heavy (non-hydrogen) atoms. The van der Waals surface area contributed by atoms with Crippen molar-refractivity contribution in [1.29, 1.82) is 0 Å². The standard InChI is InChI=1S/C18H19ClN2OS/c1-2-12-7-8-16-14(9-12)10-17(23-16)18(22)21-20-11-13-5-3-4-6-15(13)19/h3-6,10-12H,2,7-9H2,1H3,(H,21,22)/b20-11-/t12-/m1/s1. The van der Waals surface area contributed by atoms with Crippen molar-refractivity contribution in [2.45, 2.75) is 32.6 Å². The molecule has 1 atom stereocenters. The lowest BCUT2D eigenvalue weighted by molar-refractivity contribution is 0.0959. The molecule has 5 heteroatoms. The van der Waals surface area contributed by atoms with Crippen molar-refractivity contribution < 1.29 is 4.79 Å². The third-order valence-corrected chi connectivity index (χ3v) is 5.84. The van der Waals surface area contributed by atoms with E-state index in [4.69, 9.17) is 11.6 Å². The lowest BCUT2D eigenvalue weighted by Crippen LogP contribution is -2.16. The third-order valence-electron chi connectivity index (χ3n) is 4.26. The molecule has 0 aliphatic heterocycles. The van der Waals surface area contributed by atoms with Crippen LogP contribution in [0.3, 0.4) is 0 Å². The van der Waals surface area contributed by atoms with Crippen LogP contribution in [0.25, 0.3) is 0 Å². The molecule has 0 fully saturated rings. The first kappa shape index (κ1) is 16.2. The number of fused-ring (bicyclic) bond motifs is 1. The maximum atomic E-state index is 12.2. The zero-order valence-electron chi connectivity index (χ0n) is 13.0. The van der Waals surface area contributed by atoms with Crippen LogP contribution >= 0.6 is 22.9 Å². The van der Waals surface area contributed by atoms with E-state index in [0.29, 0.717) is 5.02 Å². The van der Waals surface area contributed by atoms with E-state index in [1.165, 1.54) is 23.3 Å². The summed E-state index contributed by atoms with van der Waals surface area (Å²) in [5.41, 5.74) is 4.72. The zero-order chi connectivity index (χ0) is 16.2. The van der Waals surface area contributed by atoms with Gasteiger partial charge < -0.3 is 0 Å². The molecular formula is C18H19ClN2OS. The van der Waals surface area contributed by atoms with Crippen molar-refractivity contribution in [3.8, 4) is 0 Å². The zero-order valence-corrected chi connectivity index (χ0v) is 14.6. The summed E-state index contributed by atoms with van der Waals surface area (Å²) in [4.78, 5) is 14.3. The molecule has 120 valence electrons. The van der Waals surface area contributed by atoms with Crippen molar-refractivity contribution in [2.75, 3.05) is 0 Å². The van der Waals surface area contributed by atoms with Gasteiger partial charge >= 0.3 is 0 Å². The molecule has 3 nitrogen and oxygen atoms in total. The largest absolute Gasteiger partial charge is 0.281 e. The Bertz CT molecular complexity index is 738. The van der Waals surface area contributed by atoms with Crippen molar-refractivity contribution in [3.05, 3.63) is 56.2 Å². The predicted molar refractivity (Wildman–Crippen MR) is 96.6 cm³/mol. The third kappa shape index (κ3) is 3.82. The van der Waals surface area contributed by atoms with Gasteiger partial charge in [0.2, 0.25) is 0 Å².